The van der Waals surface area contributed by atoms with Crippen LogP contribution in [0.4, 0.5) is 14.9 Å². The summed E-state index contributed by atoms with van der Waals surface area (Å²) >= 11 is 0. The van der Waals surface area contributed by atoms with E-state index in [4.69, 9.17) is 9.47 Å². The standard InChI is InChI=1S/C17H19FN2O3/c1-11(12-4-6-13(18)7-5-12)19-17(21)20-14-8-9-15(22-2)16(10-14)23-3/h4-11H,1-3H3,(H2,19,20,21)/t11-/m0/s1. The van der Waals surface area contributed by atoms with Gasteiger partial charge < -0.3 is 20.1 Å². The molecule has 0 aliphatic carbocycles. The molecule has 0 saturated carbocycles. The van der Waals surface area contributed by atoms with E-state index < -0.39 is 0 Å². The first kappa shape index (κ1) is 16.6. The Bertz CT molecular complexity index is 674. The van der Waals surface area contributed by atoms with E-state index in [9.17, 15) is 9.18 Å². The molecule has 0 spiro atoms. The second kappa shape index (κ2) is 7.49. The Kier molecular flexibility index (Phi) is 5.41. The molecule has 1 atom stereocenters. The molecule has 0 aliphatic rings. The molecule has 2 amide bonds. The van der Waals surface area contributed by atoms with Gasteiger partial charge in [-0.05, 0) is 36.8 Å². The zero-order chi connectivity index (χ0) is 16.8. The van der Waals surface area contributed by atoms with Gasteiger partial charge in [-0.2, -0.15) is 0 Å². The number of benzene rings is 2. The van der Waals surface area contributed by atoms with Crippen LogP contribution in [0.5, 0.6) is 11.5 Å². The first-order valence-electron chi connectivity index (χ1n) is 7.08. The first-order valence-corrected chi connectivity index (χ1v) is 7.08. The Morgan fingerprint density at radius 3 is 2.30 bits per heavy atom. The van der Waals surface area contributed by atoms with Crippen molar-refractivity contribution in [2.45, 2.75) is 13.0 Å². The Morgan fingerprint density at radius 2 is 1.70 bits per heavy atom. The minimum absolute atomic E-state index is 0.254. The Balaban J connectivity index is 2.00. The minimum Gasteiger partial charge on any atom is -0.493 e. The van der Waals surface area contributed by atoms with Gasteiger partial charge in [0.25, 0.3) is 0 Å². The number of nitrogens with one attached hydrogen (secondary N) is 2. The molecular formula is C17H19FN2O3. The summed E-state index contributed by atoms with van der Waals surface area (Å²) in [5.41, 5.74) is 1.39. The summed E-state index contributed by atoms with van der Waals surface area (Å²) in [6, 6.07) is 10.5. The van der Waals surface area contributed by atoms with E-state index in [1.807, 2.05) is 6.92 Å². The lowest BCUT2D eigenvalue weighted by Crippen LogP contribution is -2.31. The molecular weight excluding hydrogens is 299 g/mol. The van der Waals surface area contributed by atoms with Crippen LogP contribution >= 0.6 is 0 Å². The second-order valence-electron chi connectivity index (χ2n) is 4.94. The summed E-state index contributed by atoms with van der Waals surface area (Å²) in [4.78, 5) is 12.0. The predicted octanol–water partition coefficient (Wildman–Crippen LogP) is 3.73. The molecule has 0 saturated heterocycles. The molecule has 6 heteroatoms. The van der Waals surface area contributed by atoms with Crippen molar-refractivity contribution in [1.29, 1.82) is 0 Å². The van der Waals surface area contributed by atoms with Crippen LogP contribution < -0.4 is 20.1 Å². The third-order valence-corrected chi connectivity index (χ3v) is 3.36. The van der Waals surface area contributed by atoms with Crippen molar-refractivity contribution in [3.05, 3.63) is 53.8 Å². The van der Waals surface area contributed by atoms with Crippen molar-refractivity contribution in [3.8, 4) is 11.5 Å². The summed E-state index contributed by atoms with van der Waals surface area (Å²) in [5, 5.41) is 5.51. The van der Waals surface area contributed by atoms with Crippen molar-refractivity contribution < 1.29 is 18.7 Å². The van der Waals surface area contributed by atoms with Gasteiger partial charge in [0.2, 0.25) is 0 Å². The summed E-state index contributed by atoms with van der Waals surface area (Å²) in [6.07, 6.45) is 0. The maximum absolute atomic E-state index is 12.9. The fourth-order valence-corrected chi connectivity index (χ4v) is 2.11. The molecule has 23 heavy (non-hydrogen) atoms. The molecule has 122 valence electrons. The Morgan fingerprint density at radius 1 is 1.04 bits per heavy atom. The van der Waals surface area contributed by atoms with Crippen LogP contribution in [-0.4, -0.2) is 20.3 Å². The van der Waals surface area contributed by atoms with E-state index in [1.165, 1.54) is 19.2 Å². The van der Waals surface area contributed by atoms with Gasteiger partial charge in [-0.3, -0.25) is 0 Å². The minimum atomic E-state index is -0.367. The fourth-order valence-electron chi connectivity index (χ4n) is 2.11. The molecule has 2 aromatic carbocycles. The largest absolute Gasteiger partial charge is 0.493 e. The van der Waals surface area contributed by atoms with Crippen LogP contribution in [0.1, 0.15) is 18.5 Å². The average molecular weight is 318 g/mol. The monoisotopic (exact) mass is 318 g/mol. The molecule has 0 fully saturated rings. The summed E-state index contributed by atoms with van der Waals surface area (Å²) in [6.45, 7) is 1.82. The lowest BCUT2D eigenvalue weighted by Gasteiger charge is -2.16. The molecule has 0 bridgehead atoms. The van der Waals surface area contributed by atoms with Gasteiger partial charge in [0.1, 0.15) is 5.82 Å². The van der Waals surface area contributed by atoms with Crippen LogP contribution in [0.25, 0.3) is 0 Å². The van der Waals surface area contributed by atoms with E-state index in [0.717, 1.165) is 5.56 Å². The van der Waals surface area contributed by atoms with Crippen molar-refractivity contribution in [2.24, 2.45) is 0 Å². The Hall–Kier alpha value is -2.76. The number of hydrogen-bond donors (Lipinski definition) is 2. The highest BCUT2D eigenvalue weighted by molar-refractivity contribution is 5.89. The van der Waals surface area contributed by atoms with E-state index in [-0.39, 0.29) is 17.9 Å². The number of hydrogen-bond acceptors (Lipinski definition) is 3. The third-order valence-electron chi connectivity index (χ3n) is 3.36. The fraction of sp³-hybridized carbons (Fsp3) is 0.235. The van der Waals surface area contributed by atoms with Gasteiger partial charge >= 0.3 is 6.03 Å². The maximum Gasteiger partial charge on any atom is 0.319 e. The highest BCUT2D eigenvalue weighted by atomic mass is 19.1. The number of ether oxygens (including phenoxy) is 2. The quantitative estimate of drug-likeness (QED) is 0.883. The van der Waals surface area contributed by atoms with Crippen molar-refractivity contribution in [1.82, 2.24) is 5.32 Å². The average Bonchev–Trinajstić information content (AvgIpc) is 2.55. The Labute approximate surface area is 134 Å². The summed E-state index contributed by atoms with van der Waals surface area (Å²) in [7, 11) is 3.07. The van der Waals surface area contributed by atoms with E-state index in [1.54, 1.807) is 37.4 Å². The lowest BCUT2D eigenvalue weighted by atomic mass is 10.1. The number of amides is 2. The second-order valence-corrected chi connectivity index (χ2v) is 4.94. The van der Waals surface area contributed by atoms with E-state index in [2.05, 4.69) is 10.6 Å². The molecule has 0 aromatic heterocycles. The number of rotatable bonds is 5. The number of carbonyl (C=O) groups is 1. The molecule has 2 rings (SSSR count). The number of carbonyl (C=O) groups excluding carboxylic acids is 1. The highest BCUT2D eigenvalue weighted by Crippen LogP contribution is 2.29. The van der Waals surface area contributed by atoms with Crippen LogP contribution in [0, 0.1) is 5.82 Å². The number of halogens is 1. The van der Waals surface area contributed by atoms with Gasteiger partial charge in [0, 0.05) is 11.8 Å². The van der Waals surface area contributed by atoms with E-state index in [0.29, 0.717) is 17.2 Å². The topological polar surface area (TPSA) is 59.6 Å². The SMILES string of the molecule is COc1ccc(NC(=O)N[C@@H](C)c2ccc(F)cc2)cc1OC. The van der Waals surface area contributed by atoms with Crippen molar-refractivity contribution >= 4 is 11.7 Å². The normalized spacial score (nSPS) is 11.5. The first-order chi connectivity index (χ1) is 11.0. The zero-order valence-electron chi connectivity index (χ0n) is 13.2. The van der Waals surface area contributed by atoms with Gasteiger partial charge in [-0.25, -0.2) is 9.18 Å². The third kappa shape index (κ3) is 4.35. The van der Waals surface area contributed by atoms with Gasteiger partial charge in [0.05, 0.1) is 20.3 Å². The van der Waals surface area contributed by atoms with Crippen LogP contribution in [-0.2, 0) is 0 Å². The van der Waals surface area contributed by atoms with Crippen molar-refractivity contribution in [2.75, 3.05) is 19.5 Å². The zero-order valence-corrected chi connectivity index (χ0v) is 13.2. The molecule has 0 unspecified atom stereocenters. The van der Waals surface area contributed by atoms with Gasteiger partial charge in [0.15, 0.2) is 11.5 Å². The molecule has 0 radical (unpaired) electrons. The number of methoxy groups -OCH3 is 2. The molecule has 2 aromatic rings. The number of urea groups is 1. The molecule has 5 nitrogen and oxygen atoms in total. The summed E-state index contributed by atoms with van der Waals surface area (Å²) < 4.78 is 23.2. The van der Waals surface area contributed by atoms with Gasteiger partial charge in [-0.1, -0.05) is 12.1 Å². The van der Waals surface area contributed by atoms with Crippen LogP contribution in [0.2, 0.25) is 0 Å². The molecule has 2 N–H and O–H groups in total. The molecule has 0 aliphatic heterocycles. The van der Waals surface area contributed by atoms with Crippen LogP contribution in [0.3, 0.4) is 0 Å². The molecule has 0 heterocycles. The van der Waals surface area contributed by atoms with Gasteiger partial charge in [-0.15, -0.1) is 0 Å². The number of anilines is 1. The smallest absolute Gasteiger partial charge is 0.319 e. The van der Waals surface area contributed by atoms with Crippen molar-refractivity contribution in [3.63, 3.8) is 0 Å². The van der Waals surface area contributed by atoms with Crippen LogP contribution in [0.15, 0.2) is 42.5 Å². The lowest BCUT2D eigenvalue weighted by molar-refractivity contribution is 0.249. The predicted molar refractivity (Wildman–Crippen MR) is 86.5 cm³/mol. The summed E-state index contributed by atoms with van der Waals surface area (Å²) in [5.74, 6) is 0.797. The maximum atomic E-state index is 12.9. The highest BCUT2D eigenvalue weighted by Gasteiger charge is 2.11. The van der Waals surface area contributed by atoms with E-state index >= 15 is 0 Å².